The molecule has 1 saturated heterocycles. The van der Waals surface area contributed by atoms with Crippen LogP contribution in [0.15, 0.2) is 48.5 Å². The largest absolute Gasteiger partial charge is 0.368 e. The van der Waals surface area contributed by atoms with Crippen molar-refractivity contribution in [3.05, 3.63) is 59.9 Å². The van der Waals surface area contributed by atoms with Crippen LogP contribution in [-0.2, 0) is 4.79 Å². The van der Waals surface area contributed by atoms with E-state index >= 15 is 0 Å². The summed E-state index contributed by atoms with van der Waals surface area (Å²) in [5.41, 5.74) is 2.15. The van der Waals surface area contributed by atoms with Crippen LogP contribution in [0.3, 0.4) is 0 Å². The van der Waals surface area contributed by atoms with Gasteiger partial charge in [0.2, 0.25) is 5.91 Å². The van der Waals surface area contributed by atoms with Crippen molar-refractivity contribution in [2.45, 2.75) is 13.8 Å². The van der Waals surface area contributed by atoms with E-state index in [4.69, 9.17) is 0 Å². The normalized spacial score (nSPS) is 14.4. The Labute approximate surface area is 158 Å². The van der Waals surface area contributed by atoms with Crippen molar-refractivity contribution >= 4 is 23.2 Å². The summed E-state index contributed by atoms with van der Waals surface area (Å²) < 4.78 is 12.9. The fourth-order valence-electron chi connectivity index (χ4n) is 3.11. The van der Waals surface area contributed by atoms with Crippen molar-refractivity contribution in [3.63, 3.8) is 0 Å². The lowest BCUT2D eigenvalue weighted by Gasteiger charge is -2.37. The third-order valence-electron chi connectivity index (χ3n) is 4.68. The van der Waals surface area contributed by atoms with E-state index in [0.717, 1.165) is 31.9 Å². The monoisotopic (exact) mass is 369 g/mol. The van der Waals surface area contributed by atoms with Gasteiger partial charge in [0.05, 0.1) is 0 Å². The van der Waals surface area contributed by atoms with Crippen LogP contribution in [-0.4, -0.2) is 42.9 Å². The second kappa shape index (κ2) is 8.20. The van der Waals surface area contributed by atoms with E-state index in [2.05, 4.69) is 10.2 Å². The number of halogens is 1. The lowest BCUT2D eigenvalue weighted by Crippen LogP contribution is -2.49. The van der Waals surface area contributed by atoms with E-state index in [9.17, 15) is 14.0 Å². The molecule has 0 spiro atoms. The Balaban J connectivity index is 1.57. The van der Waals surface area contributed by atoms with Gasteiger partial charge in [-0.25, -0.2) is 4.39 Å². The van der Waals surface area contributed by atoms with Crippen LogP contribution in [0.1, 0.15) is 24.2 Å². The maximum Gasteiger partial charge on any atom is 0.255 e. The number of benzene rings is 2. The highest BCUT2D eigenvalue weighted by molar-refractivity contribution is 6.04. The van der Waals surface area contributed by atoms with Crippen LogP contribution in [0.2, 0.25) is 0 Å². The summed E-state index contributed by atoms with van der Waals surface area (Å²) in [6, 6.07) is 13.1. The maximum absolute atomic E-state index is 12.9. The zero-order valence-corrected chi connectivity index (χ0v) is 15.6. The molecule has 1 heterocycles. The predicted molar refractivity (Wildman–Crippen MR) is 104 cm³/mol. The summed E-state index contributed by atoms with van der Waals surface area (Å²) in [5.74, 6) is -0.413. The molecule has 5 nitrogen and oxygen atoms in total. The van der Waals surface area contributed by atoms with E-state index in [-0.39, 0.29) is 23.5 Å². The number of hydrogen-bond acceptors (Lipinski definition) is 3. The van der Waals surface area contributed by atoms with Crippen molar-refractivity contribution in [2.75, 3.05) is 36.4 Å². The molecule has 2 amide bonds. The number of nitrogens with zero attached hydrogens (tertiary/aromatic N) is 2. The Morgan fingerprint density at radius 3 is 2.07 bits per heavy atom. The Morgan fingerprint density at radius 1 is 0.926 bits per heavy atom. The van der Waals surface area contributed by atoms with Crippen LogP contribution in [0.4, 0.5) is 15.8 Å². The van der Waals surface area contributed by atoms with Gasteiger partial charge in [0.15, 0.2) is 0 Å². The Morgan fingerprint density at radius 2 is 1.52 bits per heavy atom. The van der Waals surface area contributed by atoms with Crippen LogP contribution in [0.5, 0.6) is 0 Å². The smallest absolute Gasteiger partial charge is 0.255 e. The molecule has 1 fully saturated rings. The molecule has 0 atom stereocenters. The minimum atomic E-state index is -0.369. The van der Waals surface area contributed by atoms with Crippen LogP contribution in [0.25, 0.3) is 0 Å². The van der Waals surface area contributed by atoms with E-state index in [1.165, 1.54) is 24.3 Å². The highest BCUT2D eigenvalue weighted by Crippen LogP contribution is 2.20. The number of amides is 2. The molecule has 2 aromatic rings. The average molecular weight is 369 g/mol. The summed E-state index contributed by atoms with van der Waals surface area (Å²) in [6.45, 7) is 6.88. The molecule has 2 aromatic carbocycles. The third-order valence-corrected chi connectivity index (χ3v) is 4.68. The molecule has 3 rings (SSSR count). The van der Waals surface area contributed by atoms with Crippen molar-refractivity contribution < 1.29 is 14.0 Å². The van der Waals surface area contributed by atoms with Crippen LogP contribution >= 0.6 is 0 Å². The first kappa shape index (κ1) is 18.9. The van der Waals surface area contributed by atoms with Crippen LogP contribution < -0.4 is 10.2 Å². The predicted octanol–water partition coefficient (Wildman–Crippen LogP) is 3.38. The van der Waals surface area contributed by atoms with E-state index in [1.807, 2.05) is 43.0 Å². The van der Waals surface area contributed by atoms with Gasteiger partial charge in [-0.1, -0.05) is 13.8 Å². The van der Waals surface area contributed by atoms with Gasteiger partial charge in [0.25, 0.3) is 5.91 Å². The van der Waals surface area contributed by atoms with Crippen molar-refractivity contribution in [2.24, 2.45) is 5.92 Å². The second-order valence-electron chi connectivity index (χ2n) is 6.97. The number of carbonyl (C=O) groups excluding carboxylic acids is 2. The number of piperazine rings is 1. The zero-order chi connectivity index (χ0) is 19.4. The maximum atomic E-state index is 12.9. The number of hydrogen-bond donors (Lipinski definition) is 1. The first-order chi connectivity index (χ1) is 12.9. The lowest BCUT2D eigenvalue weighted by molar-refractivity contribution is -0.134. The summed E-state index contributed by atoms with van der Waals surface area (Å²) >= 11 is 0. The fraction of sp³-hybridized carbons (Fsp3) is 0.333. The van der Waals surface area contributed by atoms with E-state index < -0.39 is 0 Å². The molecular weight excluding hydrogens is 345 g/mol. The van der Waals surface area contributed by atoms with Gasteiger partial charge in [0, 0.05) is 49.0 Å². The minimum Gasteiger partial charge on any atom is -0.368 e. The molecular formula is C21H24FN3O2. The Bertz CT molecular complexity index is 795. The highest BCUT2D eigenvalue weighted by Gasteiger charge is 2.22. The summed E-state index contributed by atoms with van der Waals surface area (Å²) in [6.07, 6.45) is 0. The number of rotatable bonds is 4. The van der Waals surface area contributed by atoms with Gasteiger partial charge in [-0.2, -0.15) is 0 Å². The molecule has 142 valence electrons. The van der Waals surface area contributed by atoms with E-state index in [1.54, 1.807) is 0 Å². The van der Waals surface area contributed by atoms with Crippen LogP contribution in [0, 0.1) is 11.7 Å². The molecule has 27 heavy (non-hydrogen) atoms. The molecule has 0 saturated carbocycles. The fourth-order valence-corrected chi connectivity index (χ4v) is 3.11. The molecule has 6 heteroatoms. The molecule has 1 aliphatic rings. The lowest BCUT2D eigenvalue weighted by atomic mass is 10.1. The molecule has 0 bridgehead atoms. The number of carbonyl (C=O) groups is 2. The van der Waals surface area contributed by atoms with Gasteiger partial charge < -0.3 is 15.1 Å². The molecule has 0 aliphatic carbocycles. The van der Waals surface area contributed by atoms with Gasteiger partial charge in [-0.05, 0) is 48.5 Å². The summed E-state index contributed by atoms with van der Waals surface area (Å²) in [4.78, 5) is 28.4. The first-order valence-electron chi connectivity index (χ1n) is 9.15. The number of anilines is 2. The number of nitrogens with one attached hydrogen (secondary N) is 1. The Kier molecular flexibility index (Phi) is 5.74. The molecule has 0 unspecified atom stereocenters. The highest BCUT2D eigenvalue weighted by atomic mass is 19.1. The third kappa shape index (κ3) is 4.64. The first-order valence-corrected chi connectivity index (χ1v) is 9.15. The topological polar surface area (TPSA) is 52.7 Å². The van der Waals surface area contributed by atoms with Crippen molar-refractivity contribution in [1.82, 2.24) is 4.90 Å². The van der Waals surface area contributed by atoms with Gasteiger partial charge in [-0.3, -0.25) is 9.59 Å². The molecule has 0 aromatic heterocycles. The minimum absolute atomic E-state index is 0.0283. The summed E-state index contributed by atoms with van der Waals surface area (Å²) in [5, 5.41) is 2.81. The van der Waals surface area contributed by atoms with Gasteiger partial charge in [0.1, 0.15) is 5.82 Å². The van der Waals surface area contributed by atoms with Crippen molar-refractivity contribution in [3.8, 4) is 0 Å². The van der Waals surface area contributed by atoms with Gasteiger partial charge >= 0.3 is 0 Å². The summed E-state index contributed by atoms with van der Waals surface area (Å²) in [7, 11) is 0. The van der Waals surface area contributed by atoms with Gasteiger partial charge in [-0.15, -0.1) is 0 Å². The quantitative estimate of drug-likeness (QED) is 0.899. The second-order valence-corrected chi connectivity index (χ2v) is 6.97. The SMILES string of the molecule is CC(C)C(=O)N1CCN(c2ccc(NC(=O)c3ccc(F)cc3)cc2)CC1. The molecule has 1 N–H and O–H groups in total. The van der Waals surface area contributed by atoms with Crippen molar-refractivity contribution in [1.29, 1.82) is 0 Å². The molecule has 0 radical (unpaired) electrons. The zero-order valence-electron chi connectivity index (χ0n) is 15.6. The standard InChI is InChI=1S/C21H24FN3O2/c1-15(2)21(27)25-13-11-24(12-14-25)19-9-7-18(8-10-19)23-20(26)16-3-5-17(22)6-4-16/h3-10,15H,11-14H2,1-2H3,(H,23,26). The average Bonchev–Trinajstić information content (AvgIpc) is 2.68. The molecule has 1 aliphatic heterocycles. The Hall–Kier alpha value is -2.89. The van der Waals surface area contributed by atoms with E-state index in [0.29, 0.717) is 11.3 Å².